The predicted molar refractivity (Wildman–Crippen MR) is 71.3 cm³/mol. The van der Waals surface area contributed by atoms with Crippen LogP contribution in [0.3, 0.4) is 0 Å². The van der Waals surface area contributed by atoms with Crippen molar-refractivity contribution in [3.63, 3.8) is 0 Å². The third-order valence-electron chi connectivity index (χ3n) is 2.65. The van der Waals surface area contributed by atoms with Crippen molar-refractivity contribution in [1.29, 1.82) is 0 Å². The molecule has 0 amide bonds. The molecule has 0 unspecified atom stereocenters. The first-order valence-electron chi connectivity index (χ1n) is 5.82. The number of nitrogens with one attached hydrogen (secondary N) is 1. The number of hydrogen-bond acceptors (Lipinski definition) is 4. The molecule has 1 N–H and O–H groups in total. The summed E-state index contributed by atoms with van der Waals surface area (Å²) in [6, 6.07) is 2.48. The van der Waals surface area contributed by atoms with Gasteiger partial charge in [-0.15, -0.1) is 11.3 Å². The van der Waals surface area contributed by atoms with Crippen molar-refractivity contribution in [3.8, 4) is 10.6 Å². The van der Waals surface area contributed by atoms with E-state index < -0.39 is 0 Å². The summed E-state index contributed by atoms with van der Waals surface area (Å²) >= 11 is 1.74. The SMILES string of the molecule is Cc1nc(-c2ccoc2C)sc1CNC(C)C. The fraction of sp³-hybridized carbons (Fsp3) is 0.462. The van der Waals surface area contributed by atoms with E-state index in [2.05, 4.69) is 31.1 Å². The summed E-state index contributed by atoms with van der Waals surface area (Å²) in [5.41, 5.74) is 2.22. The molecule has 3 nitrogen and oxygen atoms in total. The molecule has 0 radical (unpaired) electrons. The molecule has 0 aliphatic carbocycles. The van der Waals surface area contributed by atoms with Gasteiger partial charge in [-0.1, -0.05) is 13.8 Å². The highest BCUT2D eigenvalue weighted by Gasteiger charge is 2.12. The van der Waals surface area contributed by atoms with Crippen molar-refractivity contribution >= 4 is 11.3 Å². The molecule has 0 spiro atoms. The van der Waals surface area contributed by atoms with Gasteiger partial charge in [-0.25, -0.2) is 4.98 Å². The van der Waals surface area contributed by atoms with Crippen LogP contribution in [0.15, 0.2) is 16.7 Å². The maximum Gasteiger partial charge on any atom is 0.127 e. The van der Waals surface area contributed by atoms with Gasteiger partial charge in [0.25, 0.3) is 0 Å². The first kappa shape index (κ1) is 12.3. The maximum atomic E-state index is 5.32. The van der Waals surface area contributed by atoms with Crippen LogP contribution in [0.2, 0.25) is 0 Å². The van der Waals surface area contributed by atoms with Crippen molar-refractivity contribution in [1.82, 2.24) is 10.3 Å². The van der Waals surface area contributed by atoms with Crippen LogP contribution in [0.4, 0.5) is 0 Å². The zero-order valence-electron chi connectivity index (χ0n) is 10.7. The third-order valence-corrected chi connectivity index (χ3v) is 3.84. The third kappa shape index (κ3) is 2.76. The second-order valence-electron chi connectivity index (χ2n) is 4.45. The highest BCUT2D eigenvalue weighted by molar-refractivity contribution is 7.15. The van der Waals surface area contributed by atoms with Gasteiger partial charge in [0.2, 0.25) is 0 Å². The molecule has 4 heteroatoms. The Balaban J connectivity index is 2.22. The summed E-state index contributed by atoms with van der Waals surface area (Å²) in [7, 11) is 0. The van der Waals surface area contributed by atoms with E-state index in [1.807, 2.05) is 13.0 Å². The van der Waals surface area contributed by atoms with Gasteiger partial charge in [-0.05, 0) is 19.9 Å². The Labute approximate surface area is 106 Å². The van der Waals surface area contributed by atoms with Gasteiger partial charge in [0, 0.05) is 17.5 Å². The molecule has 0 aromatic carbocycles. The summed E-state index contributed by atoms with van der Waals surface area (Å²) in [5, 5.41) is 4.47. The molecule has 0 aliphatic heterocycles. The minimum absolute atomic E-state index is 0.496. The van der Waals surface area contributed by atoms with Crippen molar-refractivity contribution in [2.24, 2.45) is 0 Å². The average molecular weight is 250 g/mol. The van der Waals surface area contributed by atoms with Crippen LogP contribution < -0.4 is 5.32 Å². The first-order chi connectivity index (χ1) is 8.08. The van der Waals surface area contributed by atoms with Crippen LogP contribution >= 0.6 is 11.3 Å². The monoisotopic (exact) mass is 250 g/mol. The van der Waals surface area contributed by atoms with E-state index in [4.69, 9.17) is 4.42 Å². The molecule has 0 saturated carbocycles. The summed E-state index contributed by atoms with van der Waals surface area (Å²) < 4.78 is 5.32. The number of hydrogen-bond donors (Lipinski definition) is 1. The first-order valence-corrected chi connectivity index (χ1v) is 6.63. The lowest BCUT2D eigenvalue weighted by atomic mass is 10.3. The second kappa shape index (κ2) is 5.02. The highest BCUT2D eigenvalue weighted by atomic mass is 32.1. The molecule has 0 aliphatic rings. The molecule has 0 atom stereocenters. The van der Waals surface area contributed by atoms with E-state index in [0.717, 1.165) is 28.6 Å². The largest absolute Gasteiger partial charge is 0.469 e. The zero-order chi connectivity index (χ0) is 12.4. The van der Waals surface area contributed by atoms with Crippen molar-refractivity contribution in [2.75, 3.05) is 0 Å². The average Bonchev–Trinajstić information content (AvgIpc) is 2.82. The van der Waals surface area contributed by atoms with Crippen molar-refractivity contribution < 1.29 is 4.42 Å². The topological polar surface area (TPSA) is 38.1 Å². The van der Waals surface area contributed by atoms with Crippen LogP contribution in [0.1, 0.15) is 30.2 Å². The molecule has 0 bridgehead atoms. The van der Waals surface area contributed by atoms with Crippen molar-refractivity contribution in [2.45, 2.75) is 40.3 Å². The Hall–Kier alpha value is -1.13. The highest BCUT2D eigenvalue weighted by Crippen LogP contribution is 2.30. The fourth-order valence-electron chi connectivity index (χ4n) is 1.61. The van der Waals surface area contributed by atoms with Gasteiger partial charge >= 0.3 is 0 Å². The summed E-state index contributed by atoms with van der Waals surface area (Å²) in [6.45, 7) is 9.22. The second-order valence-corrected chi connectivity index (χ2v) is 5.54. The molecule has 2 heterocycles. The van der Waals surface area contributed by atoms with Gasteiger partial charge < -0.3 is 9.73 Å². The van der Waals surface area contributed by atoms with Gasteiger partial charge in [-0.3, -0.25) is 0 Å². The molecule has 0 fully saturated rings. The number of thiazole rings is 1. The van der Waals surface area contributed by atoms with Crippen molar-refractivity contribution in [3.05, 3.63) is 28.7 Å². The molecule has 0 saturated heterocycles. The smallest absolute Gasteiger partial charge is 0.127 e. The molecule has 92 valence electrons. The van der Waals surface area contributed by atoms with Crippen LogP contribution in [0.5, 0.6) is 0 Å². The molecule has 2 aromatic rings. The number of nitrogens with zero attached hydrogens (tertiary/aromatic N) is 1. The minimum atomic E-state index is 0.496. The summed E-state index contributed by atoms with van der Waals surface area (Å²) in [4.78, 5) is 5.91. The normalized spacial score (nSPS) is 11.4. The molecular formula is C13H18N2OS. The van der Waals surface area contributed by atoms with Gasteiger partial charge in [0.1, 0.15) is 10.8 Å². The standard InChI is InChI=1S/C13H18N2OS/c1-8(2)14-7-12-9(3)15-13(17-12)11-5-6-16-10(11)4/h5-6,8,14H,7H2,1-4H3. The van der Waals surface area contributed by atoms with Crippen LogP contribution in [0.25, 0.3) is 10.6 Å². The van der Waals surface area contributed by atoms with Gasteiger partial charge in [0.15, 0.2) is 0 Å². The lowest BCUT2D eigenvalue weighted by molar-refractivity contribution is 0.535. The molecule has 17 heavy (non-hydrogen) atoms. The van der Waals surface area contributed by atoms with E-state index in [1.165, 1.54) is 4.88 Å². The van der Waals surface area contributed by atoms with E-state index in [-0.39, 0.29) is 0 Å². The van der Waals surface area contributed by atoms with E-state index in [1.54, 1.807) is 17.6 Å². The number of furan rings is 1. The summed E-state index contributed by atoms with van der Waals surface area (Å²) in [6.07, 6.45) is 1.72. The Morgan fingerprint density at radius 2 is 2.18 bits per heavy atom. The summed E-state index contributed by atoms with van der Waals surface area (Å²) in [5.74, 6) is 0.933. The number of aromatic nitrogens is 1. The van der Waals surface area contributed by atoms with E-state index >= 15 is 0 Å². The molecular weight excluding hydrogens is 232 g/mol. The Kier molecular flexibility index (Phi) is 3.64. The van der Waals surface area contributed by atoms with E-state index in [9.17, 15) is 0 Å². The quantitative estimate of drug-likeness (QED) is 0.902. The van der Waals surface area contributed by atoms with Crippen LogP contribution in [0, 0.1) is 13.8 Å². The predicted octanol–water partition coefficient (Wildman–Crippen LogP) is 3.52. The van der Waals surface area contributed by atoms with E-state index in [0.29, 0.717) is 6.04 Å². The van der Waals surface area contributed by atoms with Gasteiger partial charge in [-0.2, -0.15) is 0 Å². The Bertz CT molecular complexity index is 499. The zero-order valence-corrected chi connectivity index (χ0v) is 11.5. The molecule has 2 aromatic heterocycles. The Morgan fingerprint density at radius 1 is 1.41 bits per heavy atom. The lowest BCUT2D eigenvalue weighted by Crippen LogP contribution is -2.21. The molecule has 2 rings (SSSR count). The lowest BCUT2D eigenvalue weighted by Gasteiger charge is -2.05. The minimum Gasteiger partial charge on any atom is -0.469 e. The number of rotatable bonds is 4. The Morgan fingerprint density at radius 3 is 2.76 bits per heavy atom. The maximum absolute atomic E-state index is 5.32. The van der Waals surface area contributed by atoms with Crippen LogP contribution in [-0.4, -0.2) is 11.0 Å². The fourth-order valence-corrected chi connectivity index (χ4v) is 2.70. The number of aryl methyl sites for hydroxylation is 2. The van der Waals surface area contributed by atoms with Crippen LogP contribution in [-0.2, 0) is 6.54 Å². The van der Waals surface area contributed by atoms with Gasteiger partial charge in [0.05, 0.1) is 17.5 Å².